The number of nitrogens with two attached hydrogens (primary N) is 1. The van der Waals surface area contributed by atoms with Crippen molar-refractivity contribution in [2.45, 2.75) is 44.2 Å². The zero-order valence-electron chi connectivity index (χ0n) is 11.6. The van der Waals surface area contributed by atoms with E-state index in [0.29, 0.717) is 0 Å². The van der Waals surface area contributed by atoms with Crippen LogP contribution in [0.4, 0.5) is 4.79 Å². The van der Waals surface area contributed by atoms with Crippen molar-refractivity contribution in [3.63, 3.8) is 0 Å². The first-order valence-electron chi connectivity index (χ1n) is 7.12. The first-order valence-corrected chi connectivity index (χ1v) is 7.12. The molecule has 0 bridgehead atoms. The van der Waals surface area contributed by atoms with Gasteiger partial charge in [0, 0.05) is 6.04 Å². The summed E-state index contributed by atoms with van der Waals surface area (Å²) in [5, 5.41) is 13.4. The molecule has 1 atom stereocenters. The minimum atomic E-state index is -0.570. The molecule has 5 heteroatoms. The maximum Gasteiger partial charge on any atom is 0.315 e. The number of amidine groups is 1. The predicted molar refractivity (Wildman–Crippen MR) is 79.6 cm³/mol. The van der Waals surface area contributed by atoms with Crippen LogP contribution < -0.4 is 16.4 Å². The Bertz CT molecular complexity index is 454. The highest BCUT2D eigenvalue weighted by Crippen LogP contribution is 2.17. The molecule has 1 aromatic carbocycles. The van der Waals surface area contributed by atoms with Crippen molar-refractivity contribution < 1.29 is 4.79 Å². The van der Waals surface area contributed by atoms with Crippen LogP contribution in [0.15, 0.2) is 30.3 Å². The Morgan fingerprint density at radius 2 is 1.85 bits per heavy atom. The standard InChI is InChI=1S/C15H22N4O/c16-14(17)13(11-7-3-1-4-8-11)19-15(20)18-12-9-5-2-6-10-12/h1,3-4,7-8,12-13H,2,5-6,9-10H2,(H3,16,17)(H2,18,19,20). The zero-order valence-corrected chi connectivity index (χ0v) is 11.6. The summed E-state index contributed by atoms with van der Waals surface area (Å²) in [6.45, 7) is 0. The van der Waals surface area contributed by atoms with Crippen molar-refractivity contribution >= 4 is 11.9 Å². The van der Waals surface area contributed by atoms with Gasteiger partial charge in [-0.2, -0.15) is 0 Å². The van der Waals surface area contributed by atoms with E-state index in [9.17, 15) is 4.79 Å². The van der Waals surface area contributed by atoms with Crippen molar-refractivity contribution in [1.82, 2.24) is 10.6 Å². The van der Waals surface area contributed by atoms with Crippen LogP contribution in [-0.2, 0) is 0 Å². The van der Waals surface area contributed by atoms with Crippen molar-refractivity contribution in [3.05, 3.63) is 35.9 Å². The van der Waals surface area contributed by atoms with Crippen LogP contribution in [0.1, 0.15) is 43.7 Å². The van der Waals surface area contributed by atoms with Gasteiger partial charge in [0.15, 0.2) is 0 Å². The van der Waals surface area contributed by atoms with Gasteiger partial charge in [-0.05, 0) is 18.4 Å². The van der Waals surface area contributed by atoms with Crippen LogP contribution in [0, 0.1) is 5.41 Å². The molecule has 1 fully saturated rings. The van der Waals surface area contributed by atoms with E-state index in [1.54, 1.807) is 0 Å². The highest BCUT2D eigenvalue weighted by Gasteiger charge is 2.20. The lowest BCUT2D eigenvalue weighted by molar-refractivity contribution is 0.231. The van der Waals surface area contributed by atoms with Crippen LogP contribution in [0.3, 0.4) is 0 Å². The molecule has 0 spiro atoms. The van der Waals surface area contributed by atoms with Crippen molar-refractivity contribution in [3.8, 4) is 0 Å². The van der Waals surface area contributed by atoms with Gasteiger partial charge in [-0.3, -0.25) is 5.41 Å². The summed E-state index contributed by atoms with van der Waals surface area (Å²) in [6.07, 6.45) is 5.65. The van der Waals surface area contributed by atoms with Gasteiger partial charge in [-0.1, -0.05) is 49.6 Å². The van der Waals surface area contributed by atoms with E-state index in [-0.39, 0.29) is 17.9 Å². The summed E-state index contributed by atoms with van der Waals surface area (Å²) >= 11 is 0. The largest absolute Gasteiger partial charge is 0.386 e. The second-order valence-electron chi connectivity index (χ2n) is 5.25. The minimum absolute atomic E-state index is 0.0602. The normalized spacial score (nSPS) is 17.2. The maximum atomic E-state index is 12.0. The minimum Gasteiger partial charge on any atom is -0.386 e. The Kier molecular flexibility index (Phi) is 4.98. The average Bonchev–Trinajstić information content (AvgIpc) is 2.46. The van der Waals surface area contributed by atoms with Crippen LogP contribution in [0.25, 0.3) is 0 Å². The van der Waals surface area contributed by atoms with E-state index < -0.39 is 6.04 Å². The van der Waals surface area contributed by atoms with Crippen LogP contribution in [0.5, 0.6) is 0 Å². The molecular formula is C15H22N4O. The highest BCUT2D eigenvalue weighted by atomic mass is 16.2. The number of rotatable bonds is 4. The van der Waals surface area contributed by atoms with E-state index >= 15 is 0 Å². The quantitative estimate of drug-likeness (QED) is 0.501. The molecular weight excluding hydrogens is 252 g/mol. The number of nitrogens with one attached hydrogen (secondary N) is 3. The fourth-order valence-electron chi connectivity index (χ4n) is 2.59. The van der Waals surface area contributed by atoms with E-state index in [0.717, 1.165) is 18.4 Å². The number of hydrogen-bond acceptors (Lipinski definition) is 2. The third-order valence-electron chi connectivity index (χ3n) is 3.66. The monoisotopic (exact) mass is 274 g/mol. The summed E-state index contributed by atoms with van der Waals surface area (Å²) in [5.41, 5.74) is 6.41. The molecule has 2 rings (SSSR count). The molecule has 108 valence electrons. The summed E-state index contributed by atoms with van der Waals surface area (Å²) in [4.78, 5) is 12.0. The number of amides is 2. The molecule has 1 aliphatic carbocycles. The maximum absolute atomic E-state index is 12.0. The van der Waals surface area contributed by atoms with Gasteiger partial charge in [-0.15, -0.1) is 0 Å². The summed E-state index contributed by atoms with van der Waals surface area (Å²) in [6, 6.07) is 8.76. The lowest BCUT2D eigenvalue weighted by atomic mass is 9.96. The molecule has 2 amide bonds. The first kappa shape index (κ1) is 14.4. The molecule has 0 aromatic heterocycles. The molecule has 1 aliphatic rings. The van der Waals surface area contributed by atoms with E-state index in [1.165, 1.54) is 19.3 Å². The Hall–Kier alpha value is -2.04. The molecule has 0 saturated heterocycles. The van der Waals surface area contributed by atoms with Crippen LogP contribution in [-0.4, -0.2) is 17.9 Å². The lowest BCUT2D eigenvalue weighted by Gasteiger charge is -2.25. The van der Waals surface area contributed by atoms with E-state index in [1.807, 2.05) is 30.3 Å². The predicted octanol–water partition coefficient (Wildman–Crippen LogP) is 2.30. The van der Waals surface area contributed by atoms with Crippen LogP contribution in [0.2, 0.25) is 0 Å². The van der Waals surface area contributed by atoms with Gasteiger partial charge in [-0.25, -0.2) is 4.79 Å². The Balaban J connectivity index is 1.94. The number of hydrogen-bond donors (Lipinski definition) is 4. The molecule has 0 radical (unpaired) electrons. The van der Waals surface area contributed by atoms with Gasteiger partial charge < -0.3 is 16.4 Å². The summed E-state index contributed by atoms with van der Waals surface area (Å²) in [7, 11) is 0. The van der Waals surface area contributed by atoms with Gasteiger partial charge in [0.05, 0.1) is 0 Å². The fraction of sp³-hybridized carbons (Fsp3) is 0.467. The molecule has 0 aliphatic heterocycles. The van der Waals surface area contributed by atoms with Gasteiger partial charge in [0.25, 0.3) is 0 Å². The van der Waals surface area contributed by atoms with Crippen LogP contribution >= 0.6 is 0 Å². The number of carbonyl (C=O) groups is 1. The highest BCUT2D eigenvalue weighted by molar-refractivity contribution is 5.88. The van der Waals surface area contributed by atoms with Gasteiger partial charge >= 0.3 is 6.03 Å². The summed E-state index contributed by atoms with van der Waals surface area (Å²) < 4.78 is 0. The third kappa shape index (κ3) is 3.98. The molecule has 1 unspecified atom stereocenters. The molecule has 5 nitrogen and oxygen atoms in total. The SMILES string of the molecule is N=C(N)C(NC(=O)NC1CCCCC1)c1ccccc1. The van der Waals surface area contributed by atoms with Crippen molar-refractivity contribution in [2.24, 2.45) is 5.73 Å². The Morgan fingerprint density at radius 1 is 1.20 bits per heavy atom. The number of carbonyl (C=O) groups excluding carboxylic acids is 1. The first-order chi connectivity index (χ1) is 9.66. The number of urea groups is 1. The fourth-order valence-corrected chi connectivity index (χ4v) is 2.59. The average molecular weight is 274 g/mol. The molecule has 1 saturated carbocycles. The molecule has 5 N–H and O–H groups in total. The smallest absolute Gasteiger partial charge is 0.315 e. The summed E-state index contributed by atoms with van der Waals surface area (Å²) in [5.74, 6) is -0.0602. The topological polar surface area (TPSA) is 91.0 Å². The molecule has 20 heavy (non-hydrogen) atoms. The van der Waals surface area contributed by atoms with Gasteiger partial charge in [0.1, 0.15) is 11.9 Å². The van der Waals surface area contributed by atoms with E-state index in [2.05, 4.69) is 10.6 Å². The third-order valence-corrected chi connectivity index (χ3v) is 3.66. The number of benzene rings is 1. The van der Waals surface area contributed by atoms with E-state index in [4.69, 9.17) is 11.1 Å². The molecule has 1 aromatic rings. The zero-order chi connectivity index (χ0) is 14.4. The van der Waals surface area contributed by atoms with Crippen molar-refractivity contribution in [2.75, 3.05) is 0 Å². The second kappa shape index (κ2) is 6.93. The lowest BCUT2D eigenvalue weighted by Crippen LogP contribution is -2.46. The molecule has 0 heterocycles. The Labute approximate surface area is 119 Å². The van der Waals surface area contributed by atoms with Gasteiger partial charge in [0.2, 0.25) is 0 Å². The second-order valence-corrected chi connectivity index (χ2v) is 5.25. The Morgan fingerprint density at radius 3 is 2.45 bits per heavy atom. The van der Waals surface area contributed by atoms with Crippen molar-refractivity contribution in [1.29, 1.82) is 5.41 Å².